The van der Waals surface area contributed by atoms with Crippen LogP contribution in [0.3, 0.4) is 0 Å². The van der Waals surface area contributed by atoms with Gasteiger partial charge in [-0.05, 0) is 55.6 Å². The summed E-state index contributed by atoms with van der Waals surface area (Å²) in [7, 11) is 0. The summed E-state index contributed by atoms with van der Waals surface area (Å²) < 4.78 is 6.40. The third-order valence-corrected chi connectivity index (χ3v) is 6.62. The highest BCUT2D eigenvalue weighted by Crippen LogP contribution is 2.47. The molecule has 0 saturated heterocycles. The molecule has 1 aliphatic rings. The molecule has 1 N–H and O–H groups in total. The van der Waals surface area contributed by atoms with E-state index in [1.165, 1.54) is 11.1 Å². The van der Waals surface area contributed by atoms with Crippen LogP contribution in [-0.2, 0) is 0 Å². The maximum Gasteiger partial charge on any atom is 0.131 e. The second-order valence-electron chi connectivity index (χ2n) is 8.60. The maximum absolute atomic E-state index is 6.40. The number of fused-ring (bicyclic) bond motifs is 3. The molecule has 4 aromatic rings. The number of hydrogen-bond donors (Lipinski definition) is 1. The minimum Gasteiger partial charge on any atom is -0.457 e. The molecule has 0 spiro atoms. The van der Waals surface area contributed by atoms with E-state index in [0.29, 0.717) is 12.0 Å². The first-order valence-electron chi connectivity index (χ1n) is 11.8. The minimum atomic E-state index is 0.353. The number of hydrogen-bond acceptors (Lipinski definition) is 3. The Morgan fingerprint density at radius 3 is 2.56 bits per heavy atom. The quantitative estimate of drug-likeness (QED) is 0.339. The number of nitrogens with zero attached hydrogens (tertiary/aromatic N) is 1. The first kappa shape index (κ1) is 20.7. The summed E-state index contributed by atoms with van der Waals surface area (Å²) in [4.78, 5) is 4.65. The molecule has 1 aliphatic heterocycles. The van der Waals surface area contributed by atoms with Gasteiger partial charge in [0.05, 0.1) is 5.52 Å². The fraction of sp³-hybridized carbons (Fsp3) is 0.276. The van der Waals surface area contributed by atoms with Gasteiger partial charge in [0.1, 0.15) is 11.5 Å². The molecule has 2 unspecified atom stereocenters. The number of pyridine rings is 1. The van der Waals surface area contributed by atoms with Crippen LogP contribution in [-0.4, -0.2) is 17.6 Å². The second kappa shape index (κ2) is 9.13. The number of para-hydroxylation sites is 2. The van der Waals surface area contributed by atoms with Crippen molar-refractivity contribution < 1.29 is 4.74 Å². The van der Waals surface area contributed by atoms with Crippen LogP contribution in [0.1, 0.15) is 50.2 Å². The van der Waals surface area contributed by atoms with Crippen LogP contribution >= 0.6 is 0 Å². The number of aromatic nitrogens is 1. The summed E-state index contributed by atoms with van der Waals surface area (Å²) in [6.07, 6.45) is 5.37. The van der Waals surface area contributed by atoms with E-state index in [4.69, 9.17) is 4.74 Å². The van der Waals surface area contributed by atoms with Crippen LogP contribution in [0.25, 0.3) is 22.0 Å². The summed E-state index contributed by atoms with van der Waals surface area (Å²) in [6.45, 7) is 5.47. The summed E-state index contributed by atoms with van der Waals surface area (Å²) in [6, 6.07) is 26.2. The lowest BCUT2D eigenvalue weighted by atomic mass is 9.83. The molecule has 32 heavy (non-hydrogen) atoms. The van der Waals surface area contributed by atoms with Crippen molar-refractivity contribution in [3.05, 3.63) is 90.1 Å². The van der Waals surface area contributed by atoms with Gasteiger partial charge in [-0.1, -0.05) is 62.4 Å². The van der Waals surface area contributed by atoms with Crippen LogP contribution in [0.5, 0.6) is 11.5 Å². The summed E-state index contributed by atoms with van der Waals surface area (Å²) in [5.41, 5.74) is 5.85. The first-order valence-corrected chi connectivity index (χ1v) is 11.8. The fourth-order valence-electron chi connectivity index (χ4n) is 4.88. The highest BCUT2D eigenvalue weighted by Gasteiger charge is 2.27. The summed E-state index contributed by atoms with van der Waals surface area (Å²) in [5, 5.41) is 4.78. The molecular weight excluding hydrogens is 392 g/mol. The number of ether oxygens (including phenoxy) is 1. The average Bonchev–Trinajstić information content (AvgIpc) is 2.85. The molecule has 0 radical (unpaired) electrons. The van der Waals surface area contributed by atoms with Gasteiger partial charge in [0.15, 0.2) is 0 Å². The maximum atomic E-state index is 6.40. The van der Waals surface area contributed by atoms with Gasteiger partial charge in [-0.25, -0.2) is 0 Å². The predicted octanol–water partition coefficient (Wildman–Crippen LogP) is 7.31. The molecule has 2 heterocycles. The van der Waals surface area contributed by atoms with Crippen molar-refractivity contribution in [3.63, 3.8) is 0 Å². The Morgan fingerprint density at radius 2 is 1.69 bits per heavy atom. The predicted molar refractivity (Wildman–Crippen MR) is 133 cm³/mol. The van der Waals surface area contributed by atoms with Gasteiger partial charge in [0.2, 0.25) is 0 Å². The smallest absolute Gasteiger partial charge is 0.131 e. The van der Waals surface area contributed by atoms with Crippen LogP contribution in [0.4, 0.5) is 0 Å². The fourth-order valence-corrected chi connectivity index (χ4v) is 4.88. The lowest BCUT2D eigenvalue weighted by Gasteiger charge is -2.30. The van der Waals surface area contributed by atoms with Gasteiger partial charge in [-0.2, -0.15) is 0 Å². The normalized spacial score (nSPS) is 15.6. The van der Waals surface area contributed by atoms with Crippen molar-refractivity contribution in [2.24, 2.45) is 0 Å². The molecule has 3 aromatic carbocycles. The Labute approximate surface area is 190 Å². The van der Waals surface area contributed by atoms with E-state index >= 15 is 0 Å². The zero-order valence-electron chi connectivity index (χ0n) is 18.8. The topological polar surface area (TPSA) is 34.1 Å². The average molecular weight is 423 g/mol. The van der Waals surface area contributed by atoms with Crippen molar-refractivity contribution in [3.8, 4) is 22.6 Å². The molecule has 3 nitrogen and oxygen atoms in total. The van der Waals surface area contributed by atoms with Crippen molar-refractivity contribution in [1.29, 1.82) is 0 Å². The van der Waals surface area contributed by atoms with E-state index in [9.17, 15) is 0 Å². The van der Waals surface area contributed by atoms with Gasteiger partial charge < -0.3 is 10.1 Å². The Bertz CT molecular complexity index is 1230. The number of benzene rings is 3. The minimum absolute atomic E-state index is 0.353. The highest BCUT2D eigenvalue weighted by molar-refractivity contribution is 5.83. The Hall–Kier alpha value is -3.17. The van der Waals surface area contributed by atoms with Gasteiger partial charge in [-0.3, -0.25) is 4.98 Å². The number of nitrogens with one attached hydrogen (secondary N) is 1. The SMILES string of the molecule is CCNC(CC)CCC1c2ccccc2Oc2cc(-c3cnc4ccccc4c3)ccc21. The van der Waals surface area contributed by atoms with E-state index < -0.39 is 0 Å². The van der Waals surface area contributed by atoms with Crippen molar-refractivity contribution in [1.82, 2.24) is 10.3 Å². The molecule has 2 atom stereocenters. The summed E-state index contributed by atoms with van der Waals surface area (Å²) >= 11 is 0. The van der Waals surface area contributed by atoms with Gasteiger partial charge in [0, 0.05) is 40.2 Å². The molecule has 1 aromatic heterocycles. The third kappa shape index (κ3) is 4.01. The van der Waals surface area contributed by atoms with Crippen molar-refractivity contribution in [2.75, 3.05) is 6.54 Å². The zero-order valence-corrected chi connectivity index (χ0v) is 18.8. The van der Waals surface area contributed by atoms with E-state index in [0.717, 1.165) is 59.3 Å². The van der Waals surface area contributed by atoms with E-state index in [1.807, 2.05) is 18.3 Å². The Balaban J connectivity index is 1.50. The molecule has 0 bridgehead atoms. The second-order valence-corrected chi connectivity index (χ2v) is 8.60. The lowest BCUT2D eigenvalue weighted by Crippen LogP contribution is -2.28. The Morgan fingerprint density at radius 1 is 0.875 bits per heavy atom. The van der Waals surface area contributed by atoms with Crippen molar-refractivity contribution >= 4 is 10.9 Å². The first-order chi connectivity index (χ1) is 15.8. The largest absolute Gasteiger partial charge is 0.457 e. The van der Waals surface area contributed by atoms with Gasteiger partial charge >= 0.3 is 0 Å². The van der Waals surface area contributed by atoms with Crippen LogP contribution in [0.15, 0.2) is 79.0 Å². The van der Waals surface area contributed by atoms with Gasteiger partial charge in [-0.15, -0.1) is 0 Å². The molecule has 0 amide bonds. The molecule has 0 saturated carbocycles. The summed E-state index contributed by atoms with van der Waals surface area (Å²) in [5.74, 6) is 2.30. The van der Waals surface area contributed by atoms with Crippen molar-refractivity contribution in [2.45, 2.75) is 45.1 Å². The van der Waals surface area contributed by atoms with E-state index in [1.54, 1.807) is 0 Å². The number of rotatable bonds is 7. The monoisotopic (exact) mass is 422 g/mol. The van der Waals surface area contributed by atoms with Crippen LogP contribution in [0, 0.1) is 0 Å². The standard InChI is InChI=1S/C29H30N2O/c1-3-23(30-4-2)14-16-24-25-10-6-8-12-28(25)32-29-18-20(13-15-26(24)29)22-17-21-9-5-7-11-27(21)31-19-22/h5-13,15,17-19,23-24,30H,3-4,14,16H2,1-2H3. The Kier molecular flexibility index (Phi) is 5.91. The molecule has 3 heteroatoms. The highest BCUT2D eigenvalue weighted by atomic mass is 16.5. The molecule has 162 valence electrons. The molecular formula is C29H30N2O. The molecule has 5 rings (SSSR count). The molecule has 0 fully saturated rings. The van der Waals surface area contributed by atoms with E-state index in [-0.39, 0.29) is 0 Å². The zero-order chi connectivity index (χ0) is 21.9. The third-order valence-electron chi connectivity index (χ3n) is 6.62. The lowest BCUT2D eigenvalue weighted by molar-refractivity contribution is 0.417. The van der Waals surface area contributed by atoms with E-state index in [2.05, 4.69) is 84.8 Å². The molecule has 0 aliphatic carbocycles. The van der Waals surface area contributed by atoms with Gasteiger partial charge in [0.25, 0.3) is 0 Å². The van der Waals surface area contributed by atoms with Crippen LogP contribution in [0.2, 0.25) is 0 Å². The van der Waals surface area contributed by atoms with Crippen LogP contribution < -0.4 is 10.1 Å².